The first-order valence-electron chi connectivity index (χ1n) is 7.11. The second-order valence-corrected chi connectivity index (χ2v) is 7.05. The molecule has 0 saturated carbocycles. The number of hydrogen-bond acceptors (Lipinski definition) is 2. The molecule has 16 heavy (non-hydrogen) atoms. The summed E-state index contributed by atoms with van der Waals surface area (Å²) in [7, 11) is 0. The Kier molecular flexibility index (Phi) is 2.75. The summed E-state index contributed by atoms with van der Waals surface area (Å²) in [6, 6.07) is 1.72. The third-order valence-corrected chi connectivity index (χ3v) is 4.90. The Labute approximate surface area is 99.8 Å². The van der Waals surface area contributed by atoms with Crippen LogP contribution in [0.5, 0.6) is 0 Å². The van der Waals surface area contributed by atoms with Gasteiger partial charge in [-0.1, -0.05) is 13.8 Å². The lowest BCUT2D eigenvalue weighted by atomic mass is 9.82. The molecule has 3 aliphatic rings. The number of nitrogens with zero attached hydrogens (tertiary/aromatic N) is 1. The highest BCUT2D eigenvalue weighted by Gasteiger charge is 2.40. The van der Waals surface area contributed by atoms with E-state index in [2.05, 4.69) is 24.1 Å². The smallest absolute Gasteiger partial charge is 0.0111 e. The van der Waals surface area contributed by atoms with Gasteiger partial charge in [-0.25, -0.2) is 0 Å². The number of nitrogens with one attached hydrogen (secondary N) is 1. The Morgan fingerprint density at radius 3 is 2.81 bits per heavy atom. The third-order valence-electron chi connectivity index (χ3n) is 4.90. The highest BCUT2D eigenvalue weighted by atomic mass is 15.2. The van der Waals surface area contributed by atoms with Gasteiger partial charge in [0.15, 0.2) is 0 Å². The highest BCUT2D eigenvalue weighted by molar-refractivity contribution is 4.98. The Bertz CT molecular complexity index is 261. The lowest BCUT2D eigenvalue weighted by Crippen LogP contribution is -2.44. The molecule has 0 spiro atoms. The Morgan fingerprint density at radius 1 is 1.31 bits per heavy atom. The van der Waals surface area contributed by atoms with Gasteiger partial charge in [-0.3, -0.25) is 0 Å². The van der Waals surface area contributed by atoms with E-state index in [1.165, 1.54) is 51.7 Å². The molecule has 3 fully saturated rings. The minimum absolute atomic E-state index is 0.559. The van der Waals surface area contributed by atoms with Crippen molar-refractivity contribution in [3.63, 3.8) is 0 Å². The van der Waals surface area contributed by atoms with E-state index in [1.54, 1.807) is 0 Å². The first-order chi connectivity index (χ1) is 7.62. The van der Waals surface area contributed by atoms with Crippen LogP contribution in [0, 0.1) is 11.3 Å². The van der Waals surface area contributed by atoms with Crippen molar-refractivity contribution in [3.8, 4) is 0 Å². The second-order valence-electron chi connectivity index (χ2n) is 7.05. The van der Waals surface area contributed by atoms with Gasteiger partial charge in [0.1, 0.15) is 0 Å². The molecule has 2 nitrogen and oxygen atoms in total. The standard InChI is InChI=1S/C14H26N2/c1-14(2)6-3-7-16(10-14)9-11-8-12-4-5-13(11)15-12/h11-13,15H,3-10H2,1-2H3. The lowest BCUT2D eigenvalue weighted by Gasteiger charge is -2.40. The van der Waals surface area contributed by atoms with E-state index in [4.69, 9.17) is 0 Å². The van der Waals surface area contributed by atoms with Crippen LogP contribution in [0.3, 0.4) is 0 Å². The normalized spacial score (nSPS) is 42.8. The lowest BCUT2D eigenvalue weighted by molar-refractivity contribution is 0.0968. The van der Waals surface area contributed by atoms with Gasteiger partial charge in [-0.2, -0.15) is 0 Å². The maximum atomic E-state index is 3.76. The van der Waals surface area contributed by atoms with E-state index in [-0.39, 0.29) is 0 Å². The third kappa shape index (κ3) is 2.14. The van der Waals surface area contributed by atoms with Crippen LogP contribution in [0.1, 0.15) is 46.0 Å². The predicted molar refractivity (Wildman–Crippen MR) is 67.5 cm³/mol. The molecule has 0 radical (unpaired) electrons. The van der Waals surface area contributed by atoms with Gasteiger partial charge in [0.05, 0.1) is 0 Å². The van der Waals surface area contributed by atoms with Crippen LogP contribution in [-0.2, 0) is 0 Å². The van der Waals surface area contributed by atoms with Crippen LogP contribution in [0.4, 0.5) is 0 Å². The van der Waals surface area contributed by atoms with Crippen molar-refractivity contribution in [2.24, 2.45) is 11.3 Å². The molecular weight excluding hydrogens is 196 g/mol. The fraction of sp³-hybridized carbons (Fsp3) is 1.00. The summed E-state index contributed by atoms with van der Waals surface area (Å²) in [6.07, 6.45) is 7.14. The van der Waals surface area contributed by atoms with Gasteiger partial charge in [-0.05, 0) is 50.0 Å². The highest BCUT2D eigenvalue weighted by Crippen LogP contribution is 2.35. The number of piperidine rings is 1. The zero-order chi connectivity index (χ0) is 11.2. The summed E-state index contributed by atoms with van der Waals surface area (Å²) < 4.78 is 0. The van der Waals surface area contributed by atoms with E-state index in [0.29, 0.717) is 5.41 Å². The monoisotopic (exact) mass is 222 g/mol. The van der Waals surface area contributed by atoms with E-state index in [9.17, 15) is 0 Å². The molecule has 3 aliphatic heterocycles. The molecule has 3 heterocycles. The van der Waals surface area contributed by atoms with Crippen molar-refractivity contribution in [1.82, 2.24) is 10.2 Å². The summed E-state index contributed by atoms with van der Waals surface area (Å²) >= 11 is 0. The van der Waals surface area contributed by atoms with Crippen LogP contribution in [0.25, 0.3) is 0 Å². The van der Waals surface area contributed by atoms with Gasteiger partial charge < -0.3 is 10.2 Å². The van der Waals surface area contributed by atoms with Crippen molar-refractivity contribution in [2.75, 3.05) is 19.6 Å². The van der Waals surface area contributed by atoms with Gasteiger partial charge in [-0.15, -0.1) is 0 Å². The summed E-state index contributed by atoms with van der Waals surface area (Å²) in [5.41, 5.74) is 0.559. The Hall–Kier alpha value is -0.0800. The average Bonchev–Trinajstić information content (AvgIpc) is 2.77. The number of likely N-dealkylation sites (tertiary alicyclic amines) is 1. The Morgan fingerprint density at radius 2 is 2.19 bits per heavy atom. The topological polar surface area (TPSA) is 15.3 Å². The second kappa shape index (κ2) is 3.99. The fourth-order valence-corrected chi connectivity index (χ4v) is 4.17. The maximum Gasteiger partial charge on any atom is 0.0111 e. The summed E-state index contributed by atoms with van der Waals surface area (Å²) in [4.78, 5) is 2.73. The van der Waals surface area contributed by atoms with Crippen LogP contribution >= 0.6 is 0 Å². The number of hydrogen-bond donors (Lipinski definition) is 1. The van der Waals surface area contributed by atoms with Crippen LogP contribution in [-0.4, -0.2) is 36.6 Å². The minimum atomic E-state index is 0.559. The zero-order valence-corrected chi connectivity index (χ0v) is 10.8. The number of fused-ring (bicyclic) bond motifs is 2. The van der Waals surface area contributed by atoms with E-state index < -0.39 is 0 Å². The molecule has 2 heteroatoms. The molecule has 0 aliphatic carbocycles. The zero-order valence-electron chi connectivity index (χ0n) is 10.8. The molecule has 0 aromatic heterocycles. The molecule has 3 saturated heterocycles. The first kappa shape index (κ1) is 11.0. The summed E-state index contributed by atoms with van der Waals surface area (Å²) in [6.45, 7) is 8.88. The molecule has 1 N–H and O–H groups in total. The predicted octanol–water partition coefficient (Wildman–Crippen LogP) is 2.25. The Balaban J connectivity index is 1.55. The van der Waals surface area contributed by atoms with E-state index in [0.717, 1.165) is 18.0 Å². The van der Waals surface area contributed by atoms with Crippen LogP contribution in [0.15, 0.2) is 0 Å². The number of rotatable bonds is 2. The molecule has 3 unspecified atom stereocenters. The fourth-order valence-electron chi connectivity index (χ4n) is 4.17. The van der Waals surface area contributed by atoms with Gasteiger partial charge in [0.25, 0.3) is 0 Å². The molecule has 0 aromatic carbocycles. The largest absolute Gasteiger partial charge is 0.311 e. The molecule has 0 aromatic rings. The van der Waals surface area contributed by atoms with Crippen molar-refractivity contribution >= 4 is 0 Å². The van der Waals surface area contributed by atoms with Gasteiger partial charge in [0.2, 0.25) is 0 Å². The minimum Gasteiger partial charge on any atom is -0.311 e. The molecule has 2 bridgehead atoms. The van der Waals surface area contributed by atoms with E-state index in [1.807, 2.05) is 0 Å². The summed E-state index contributed by atoms with van der Waals surface area (Å²) in [5, 5.41) is 3.76. The van der Waals surface area contributed by atoms with Crippen LogP contribution in [0.2, 0.25) is 0 Å². The van der Waals surface area contributed by atoms with Crippen molar-refractivity contribution in [3.05, 3.63) is 0 Å². The quantitative estimate of drug-likeness (QED) is 0.771. The molecule has 92 valence electrons. The molecule has 3 atom stereocenters. The van der Waals surface area contributed by atoms with Gasteiger partial charge in [0, 0.05) is 25.2 Å². The van der Waals surface area contributed by atoms with Crippen molar-refractivity contribution < 1.29 is 0 Å². The molecule has 0 amide bonds. The van der Waals surface area contributed by atoms with Gasteiger partial charge >= 0.3 is 0 Å². The van der Waals surface area contributed by atoms with Crippen LogP contribution < -0.4 is 5.32 Å². The van der Waals surface area contributed by atoms with E-state index >= 15 is 0 Å². The van der Waals surface area contributed by atoms with Crippen molar-refractivity contribution in [1.29, 1.82) is 0 Å². The maximum absolute atomic E-state index is 3.76. The van der Waals surface area contributed by atoms with Crippen molar-refractivity contribution in [2.45, 2.75) is 58.0 Å². The molecular formula is C14H26N2. The summed E-state index contributed by atoms with van der Waals surface area (Å²) in [5.74, 6) is 0.952. The first-order valence-corrected chi connectivity index (χ1v) is 7.11. The average molecular weight is 222 g/mol. The SMILES string of the molecule is CC1(C)CCCN(CC2CC3CCC2N3)C1. The molecule has 3 rings (SSSR count).